The molecular weight excluding hydrogens is 408 g/mol. The Morgan fingerprint density at radius 3 is 2.52 bits per heavy atom. The predicted octanol–water partition coefficient (Wildman–Crippen LogP) is 5.72. The highest BCUT2D eigenvalue weighted by molar-refractivity contribution is 6.10. The summed E-state index contributed by atoms with van der Waals surface area (Å²) in [6.45, 7) is 4.49. The second-order valence-corrected chi connectivity index (χ2v) is 7.92. The molecule has 0 spiro atoms. The number of hydrogen-bond acceptors (Lipinski definition) is 3. The molecule has 5 nitrogen and oxygen atoms in total. The molecule has 1 aromatic heterocycles. The van der Waals surface area contributed by atoms with Crippen molar-refractivity contribution in [2.45, 2.75) is 20.4 Å². The predicted molar refractivity (Wildman–Crippen MR) is 130 cm³/mol. The normalized spacial score (nSPS) is 11.1. The Morgan fingerprint density at radius 1 is 1.00 bits per heavy atom. The van der Waals surface area contributed by atoms with E-state index in [9.17, 15) is 15.3 Å². The molecule has 0 saturated heterocycles. The Bertz CT molecular complexity index is 1480. The van der Waals surface area contributed by atoms with Crippen LogP contribution in [0.4, 0.5) is 5.69 Å². The molecule has 5 heteroatoms. The van der Waals surface area contributed by atoms with Gasteiger partial charge in [-0.2, -0.15) is 10.5 Å². The highest BCUT2D eigenvalue weighted by atomic mass is 16.1. The fraction of sp³-hybridized carbons (Fsp3) is 0.107. The summed E-state index contributed by atoms with van der Waals surface area (Å²) in [7, 11) is 0. The van der Waals surface area contributed by atoms with E-state index in [0.717, 1.165) is 33.2 Å². The minimum absolute atomic E-state index is 0.0218. The summed E-state index contributed by atoms with van der Waals surface area (Å²) in [4.78, 5) is 12.8. The highest BCUT2D eigenvalue weighted by Gasteiger charge is 2.14. The standard InChI is InChI=1S/C28H22N4O/c1-19-11-12-25(13-20(19)2)31-28(33)23(16-30)14-24-18-32(27-10-6-5-9-26(24)27)17-22-8-4-3-7-21(22)15-29/h3-14,18H,17H2,1-2H3,(H,31,33)/b23-14+. The van der Waals surface area contributed by atoms with Crippen molar-refractivity contribution in [1.82, 2.24) is 4.57 Å². The van der Waals surface area contributed by atoms with Gasteiger partial charge >= 0.3 is 0 Å². The van der Waals surface area contributed by atoms with Crippen molar-refractivity contribution in [2.75, 3.05) is 5.32 Å². The number of rotatable bonds is 5. The van der Waals surface area contributed by atoms with Crippen molar-refractivity contribution in [3.8, 4) is 12.1 Å². The van der Waals surface area contributed by atoms with Crippen molar-refractivity contribution in [2.24, 2.45) is 0 Å². The zero-order valence-corrected chi connectivity index (χ0v) is 18.5. The van der Waals surface area contributed by atoms with Crippen LogP contribution in [0.25, 0.3) is 17.0 Å². The number of para-hydroxylation sites is 1. The van der Waals surface area contributed by atoms with E-state index in [1.807, 2.05) is 91.3 Å². The number of aromatic nitrogens is 1. The third-order valence-corrected chi connectivity index (χ3v) is 5.73. The van der Waals surface area contributed by atoms with Gasteiger partial charge in [0.25, 0.3) is 5.91 Å². The van der Waals surface area contributed by atoms with Gasteiger partial charge in [0, 0.05) is 34.9 Å². The molecule has 0 bridgehead atoms. The fourth-order valence-corrected chi connectivity index (χ4v) is 3.79. The number of hydrogen-bond donors (Lipinski definition) is 1. The Morgan fingerprint density at radius 2 is 1.76 bits per heavy atom. The fourth-order valence-electron chi connectivity index (χ4n) is 3.79. The molecule has 4 rings (SSSR count). The van der Waals surface area contributed by atoms with Gasteiger partial charge in [-0.15, -0.1) is 0 Å². The number of anilines is 1. The lowest BCUT2D eigenvalue weighted by molar-refractivity contribution is -0.112. The van der Waals surface area contributed by atoms with Gasteiger partial charge in [-0.1, -0.05) is 42.5 Å². The van der Waals surface area contributed by atoms with Crippen LogP contribution in [0.5, 0.6) is 0 Å². The molecule has 0 fully saturated rings. The quantitative estimate of drug-likeness (QED) is 0.325. The van der Waals surface area contributed by atoms with E-state index in [2.05, 4.69) is 11.4 Å². The smallest absolute Gasteiger partial charge is 0.266 e. The lowest BCUT2D eigenvalue weighted by Crippen LogP contribution is -2.13. The molecule has 3 aromatic carbocycles. The van der Waals surface area contributed by atoms with Crippen LogP contribution < -0.4 is 5.32 Å². The molecule has 1 N–H and O–H groups in total. The highest BCUT2D eigenvalue weighted by Crippen LogP contribution is 2.25. The van der Waals surface area contributed by atoms with Crippen molar-refractivity contribution < 1.29 is 4.79 Å². The number of nitriles is 2. The van der Waals surface area contributed by atoms with Crippen LogP contribution in [0.2, 0.25) is 0 Å². The van der Waals surface area contributed by atoms with Crippen LogP contribution in [0.1, 0.15) is 27.8 Å². The number of carbonyl (C=O) groups is 1. The van der Waals surface area contributed by atoms with Gasteiger partial charge in [-0.3, -0.25) is 4.79 Å². The SMILES string of the molecule is Cc1ccc(NC(=O)/C(C#N)=C/c2cn(Cc3ccccc3C#N)c3ccccc23)cc1C. The second-order valence-electron chi connectivity index (χ2n) is 7.92. The third kappa shape index (κ3) is 4.54. The summed E-state index contributed by atoms with van der Waals surface area (Å²) in [5, 5.41) is 22.9. The van der Waals surface area contributed by atoms with Crippen molar-refractivity contribution in [3.63, 3.8) is 0 Å². The zero-order chi connectivity index (χ0) is 23.4. The molecule has 0 aliphatic rings. The summed E-state index contributed by atoms with van der Waals surface area (Å²) < 4.78 is 2.04. The monoisotopic (exact) mass is 430 g/mol. The lowest BCUT2D eigenvalue weighted by atomic mass is 10.1. The third-order valence-electron chi connectivity index (χ3n) is 5.73. The average molecular weight is 431 g/mol. The molecule has 0 aliphatic heterocycles. The van der Waals surface area contributed by atoms with Gasteiger partial charge in [-0.05, 0) is 60.9 Å². The van der Waals surface area contributed by atoms with Gasteiger partial charge in [0.15, 0.2) is 0 Å². The maximum atomic E-state index is 12.8. The lowest BCUT2D eigenvalue weighted by Gasteiger charge is -2.07. The first kappa shape index (κ1) is 21.6. The number of aryl methyl sites for hydroxylation is 2. The summed E-state index contributed by atoms with van der Waals surface area (Å²) >= 11 is 0. The summed E-state index contributed by atoms with van der Waals surface area (Å²) in [5.41, 5.74) is 6.14. The number of amides is 1. The topological polar surface area (TPSA) is 81.6 Å². The molecule has 0 radical (unpaired) electrons. The van der Waals surface area contributed by atoms with E-state index in [4.69, 9.17) is 0 Å². The molecule has 0 saturated carbocycles. The number of benzene rings is 3. The molecule has 1 amide bonds. The largest absolute Gasteiger partial charge is 0.342 e. The minimum atomic E-state index is -0.451. The summed E-state index contributed by atoms with van der Waals surface area (Å²) in [6, 6.07) is 25.2. The molecule has 0 atom stereocenters. The number of nitrogens with zero attached hydrogens (tertiary/aromatic N) is 3. The van der Waals surface area contributed by atoms with Crippen LogP contribution >= 0.6 is 0 Å². The Balaban J connectivity index is 1.70. The van der Waals surface area contributed by atoms with Crippen LogP contribution in [-0.2, 0) is 11.3 Å². The van der Waals surface area contributed by atoms with Crippen LogP contribution in [0.3, 0.4) is 0 Å². The molecule has 0 unspecified atom stereocenters. The Hall–Kier alpha value is -4.61. The summed E-state index contributed by atoms with van der Waals surface area (Å²) in [6.07, 6.45) is 3.53. The summed E-state index contributed by atoms with van der Waals surface area (Å²) in [5.74, 6) is -0.451. The minimum Gasteiger partial charge on any atom is -0.342 e. The Labute approximate surface area is 192 Å². The van der Waals surface area contributed by atoms with Crippen LogP contribution in [0.15, 0.2) is 78.5 Å². The van der Waals surface area contributed by atoms with Crippen molar-refractivity contribution >= 4 is 28.6 Å². The molecule has 33 heavy (non-hydrogen) atoms. The molecule has 0 aliphatic carbocycles. The van der Waals surface area contributed by atoms with Gasteiger partial charge < -0.3 is 9.88 Å². The Kier molecular flexibility index (Phi) is 6.06. The van der Waals surface area contributed by atoms with Gasteiger partial charge in [0.1, 0.15) is 11.6 Å². The first-order valence-electron chi connectivity index (χ1n) is 10.6. The van der Waals surface area contributed by atoms with E-state index >= 15 is 0 Å². The van der Waals surface area contributed by atoms with Crippen LogP contribution in [-0.4, -0.2) is 10.5 Å². The first-order valence-corrected chi connectivity index (χ1v) is 10.6. The average Bonchev–Trinajstić information content (AvgIpc) is 3.17. The molecule has 1 heterocycles. The second kappa shape index (κ2) is 9.26. The van der Waals surface area contributed by atoms with Gasteiger partial charge in [0.2, 0.25) is 0 Å². The van der Waals surface area contributed by atoms with Gasteiger partial charge in [-0.25, -0.2) is 0 Å². The van der Waals surface area contributed by atoms with Crippen LogP contribution in [0, 0.1) is 36.5 Å². The van der Waals surface area contributed by atoms with Crippen molar-refractivity contribution in [3.05, 3.63) is 106 Å². The first-order chi connectivity index (χ1) is 16.0. The molecule has 4 aromatic rings. The molecule has 160 valence electrons. The maximum Gasteiger partial charge on any atom is 0.266 e. The van der Waals surface area contributed by atoms with E-state index in [1.165, 1.54) is 0 Å². The maximum absolute atomic E-state index is 12.8. The van der Waals surface area contributed by atoms with E-state index in [-0.39, 0.29) is 5.57 Å². The number of fused-ring (bicyclic) bond motifs is 1. The molecular formula is C28H22N4O. The number of carbonyl (C=O) groups excluding carboxylic acids is 1. The van der Waals surface area contributed by atoms with E-state index < -0.39 is 5.91 Å². The van der Waals surface area contributed by atoms with Crippen molar-refractivity contribution in [1.29, 1.82) is 10.5 Å². The van der Waals surface area contributed by atoms with E-state index in [0.29, 0.717) is 17.8 Å². The van der Waals surface area contributed by atoms with Gasteiger partial charge in [0.05, 0.1) is 11.6 Å². The van der Waals surface area contributed by atoms with E-state index in [1.54, 1.807) is 12.1 Å². The zero-order valence-electron chi connectivity index (χ0n) is 18.5. The number of nitrogens with one attached hydrogen (secondary N) is 1.